The van der Waals surface area contributed by atoms with E-state index < -0.39 is 0 Å². The average Bonchev–Trinajstić information content (AvgIpc) is 2.74. The van der Waals surface area contributed by atoms with Crippen LogP contribution in [0, 0.1) is 0 Å². The van der Waals surface area contributed by atoms with Crippen LogP contribution in [0.2, 0.25) is 0 Å². The summed E-state index contributed by atoms with van der Waals surface area (Å²) in [7, 11) is 0. The van der Waals surface area contributed by atoms with E-state index in [9.17, 15) is 0 Å². The second-order valence-corrected chi connectivity index (χ2v) is 4.78. The normalized spacial score (nSPS) is 18.4. The van der Waals surface area contributed by atoms with Gasteiger partial charge in [0.2, 0.25) is 0 Å². The summed E-state index contributed by atoms with van der Waals surface area (Å²) >= 11 is 3.46. The molecule has 1 aromatic rings. The van der Waals surface area contributed by atoms with Gasteiger partial charge in [0.05, 0.1) is 12.6 Å². The van der Waals surface area contributed by atoms with Gasteiger partial charge in [-0.1, -0.05) is 11.8 Å². The first-order chi connectivity index (χ1) is 6.36. The van der Waals surface area contributed by atoms with Crippen molar-refractivity contribution < 1.29 is 0 Å². The zero-order chi connectivity index (χ0) is 9.10. The summed E-state index contributed by atoms with van der Waals surface area (Å²) in [4.78, 5) is 8.58. The van der Waals surface area contributed by atoms with E-state index in [1.54, 1.807) is 23.1 Å². The molecule has 1 aliphatic rings. The smallest absolute Gasteiger partial charge is 0.157 e. The molecule has 0 radical (unpaired) electrons. The Morgan fingerprint density at radius 3 is 3.15 bits per heavy atom. The van der Waals surface area contributed by atoms with Crippen LogP contribution < -0.4 is 5.32 Å². The van der Waals surface area contributed by atoms with Crippen LogP contribution in [0.25, 0.3) is 0 Å². The van der Waals surface area contributed by atoms with Crippen LogP contribution in [-0.2, 0) is 0 Å². The van der Waals surface area contributed by atoms with Crippen molar-refractivity contribution in [1.29, 1.82) is 0 Å². The molecule has 1 aliphatic heterocycles. The fourth-order valence-corrected chi connectivity index (χ4v) is 2.58. The Morgan fingerprint density at radius 2 is 2.54 bits per heavy atom. The Bertz CT molecular complexity index is 294. The minimum absolute atomic E-state index is 0.282. The molecule has 70 valence electrons. The fraction of sp³-hybridized carbons (Fsp3) is 0.500. The molecule has 0 saturated carbocycles. The van der Waals surface area contributed by atoms with E-state index in [4.69, 9.17) is 0 Å². The molecule has 1 unspecified atom stereocenters. The highest BCUT2D eigenvalue weighted by Crippen LogP contribution is 2.18. The van der Waals surface area contributed by atoms with Gasteiger partial charge in [-0.3, -0.25) is 4.99 Å². The molecular formula is C8H11N3S2. The maximum Gasteiger partial charge on any atom is 0.157 e. The molecule has 0 saturated heterocycles. The second-order valence-electron chi connectivity index (χ2n) is 2.77. The van der Waals surface area contributed by atoms with Crippen LogP contribution in [0.4, 0.5) is 0 Å². The van der Waals surface area contributed by atoms with E-state index in [0.29, 0.717) is 0 Å². The van der Waals surface area contributed by atoms with E-state index in [2.05, 4.69) is 22.2 Å². The maximum absolute atomic E-state index is 4.33. The monoisotopic (exact) mass is 213 g/mol. The summed E-state index contributed by atoms with van der Waals surface area (Å²) in [5.41, 5.74) is 0. The maximum atomic E-state index is 4.33. The van der Waals surface area contributed by atoms with Crippen LogP contribution in [-0.4, -0.2) is 22.4 Å². The van der Waals surface area contributed by atoms with Gasteiger partial charge in [-0.25, -0.2) is 4.98 Å². The first kappa shape index (κ1) is 9.02. The van der Waals surface area contributed by atoms with Crippen LogP contribution in [0.5, 0.6) is 0 Å². The number of amidine groups is 1. The SMILES string of the molecule is CC(NC1=NCCS1)c1nccs1. The van der Waals surface area contributed by atoms with Crippen LogP contribution in [0.15, 0.2) is 16.6 Å². The highest BCUT2D eigenvalue weighted by Gasteiger charge is 2.12. The van der Waals surface area contributed by atoms with Crippen molar-refractivity contribution in [3.8, 4) is 0 Å². The van der Waals surface area contributed by atoms with Crippen LogP contribution >= 0.6 is 23.1 Å². The minimum Gasteiger partial charge on any atom is -0.356 e. The van der Waals surface area contributed by atoms with Crippen molar-refractivity contribution in [1.82, 2.24) is 10.3 Å². The summed E-state index contributed by atoms with van der Waals surface area (Å²) in [6.45, 7) is 3.05. The highest BCUT2D eigenvalue weighted by molar-refractivity contribution is 8.14. The number of rotatable bonds is 2. The molecule has 0 fully saturated rings. The fourth-order valence-electron chi connectivity index (χ4n) is 1.12. The van der Waals surface area contributed by atoms with Crippen molar-refractivity contribution in [3.05, 3.63) is 16.6 Å². The molecule has 3 nitrogen and oxygen atoms in total. The first-order valence-electron chi connectivity index (χ1n) is 4.19. The first-order valence-corrected chi connectivity index (χ1v) is 6.06. The molecule has 1 aromatic heterocycles. The molecule has 2 heterocycles. The third-order valence-electron chi connectivity index (χ3n) is 1.75. The van der Waals surface area contributed by atoms with E-state index >= 15 is 0 Å². The number of thiazole rings is 1. The third-order valence-corrected chi connectivity index (χ3v) is 3.61. The molecule has 1 atom stereocenters. The molecule has 0 bridgehead atoms. The predicted octanol–water partition coefficient (Wildman–Crippen LogP) is 1.90. The minimum atomic E-state index is 0.282. The Hall–Kier alpha value is -0.550. The van der Waals surface area contributed by atoms with Gasteiger partial charge < -0.3 is 5.32 Å². The molecule has 0 amide bonds. The van der Waals surface area contributed by atoms with Gasteiger partial charge in [-0.05, 0) is 6.92 Å². The molecule has 13 heavy (non-hydrogen) atoms. The largest absolute Gasteiger partial charge is 0.356 e. The number of aromatic nitrogens is 1. The summed E-state index contributed by atoms with van der Waals surface area (Å²) in [5.74, 6) is 1.10. The van der Waals surface area contributed by atoms with Gasteiger partial charge in [0.25, 0.3) is 0 Å². The van der Waals surface area contributed by atoms with Crippen molar-refractivity contribution in [2.45, 2.75) is 13.0 Å². The summed E-state index contributed by atoms with van der Waals surface area (Å²) in [6, 6.07) is 0.282. The quantitative estimate of drug-likeness (QED) is 0.815. The number of nitrogens with one attached hydrogen (secondary N) is 1. The number of nitrogens with zero attached hydrogens (tertiary/aromatic N) is 2. The molecule has 2 rings (SSSR count). The van der Waals surface area contributed by atoms with E-state index in [1.807, 2.05) is 11.6 Å². The van der Waals surface area contributed by atoms with Gasteiger partial charge in [-0.15, -0.1) is 11.3 Å². The van der Waals surface area contributed by atoms with Gasteiger partial charge >= 0.3 is 0 Å². The van der Waals surface area contributed by atoms with Gasteiger partial charge in [0, 0.05) is 17.3 Å². The van der Waals surface area contributed by atoms with E-state index in [0.717, 1.165) is 22.5 Å². The number of thioether (sulfide) groups is 1. The molecule has 0 aliphatic carbocycles. The zero-order valence-corrected chi connectivity index (χ0v) is 8.99. The third kappa shape index (κ3) is 2.22. The second kappa shape index (κ2) is 4.11. The zero-order valence-electron chi connectivity index (χ0n) is 7.36. The Labute approximate surface area is 85.7 Å². The lowest BCUT2D eigenvalue weighted by Gasteiger charge is -2.10. The standard InChI is InChI=1S/C8H11N3S2/c1-6(7-9-2-4-12-7)11-8-10-3-5-13-8/h2,4,6H,3,5H2,1H3,(H,10,11). The molecular weight excluding hydrogens is 202 g/mol. The number of aliphatic imine (C=N–C) groups is 1. The Balaban J connectivity index is 1.95. The van der Waals surface area contributed by atoms with E-state index in [-0.39, 0.29) is 6.04 Å². The molecule has 0 spiro atoms. The van der Waals surface area contributed by atoms with E-state index in [1.165, 1.54) is 0 Å². The number of hydrogen-bond donors (Lipinski definition) is 1. The molecule has 0 aromatic carbocycles. The van der Waals surface area contributed by atoms with Crippen LogP contribution in [0.1, 0.15) is 18.0 Å². The van der Waals surface area contributed by atoms with Crippen molar-refractivity contribution in [3.63, 3.8) is 0 Å². The summed E-state index contributed by atoms with van der Waals surface area (Å²) in [6.07, 6.45) is 1.84. The van der Waals surface area contributed by atoms with Crippen molar-refractivity contribution in [2.24, 2.45) is 4.99 Å². The summed E-state index contributed by atoms with van der Waals surface area (Å²) < 4.78 is 0. The lowest BCUT2D eigenvalue weighted by Crippen LogP contribution is -2.22. The lowest BCUT2D eigenvalue weighted by atomic mass is 10.4. The molecule has 5 heteroatoms. The summed E-state index contributed by atoms with van der Waals surface area (Å²) in [5, 5.41) is 7.52. The Morgan fingerprint density at radius 1 is 1.62 bits per heavy atom. The van der Waals surface area contributed by atoms with Gasteiger partial charge in [0.1, 0.15) is 5.01 Å². The van der Waals surface area contributed by atoms with Gasteiger partial charge in [-0.2, -0.15) is 0 Å². The average molecular weight is 213 g/mol. The lowest BCUT2D eigenvalue weighted by molar-refractivity contribution is 0.716. The number of hydrogen-bond acceptors (Lipinski definition) is 5. The van der Waals surface area contributed by atoms with Crippen molar-refractivity contribution in [2.75, 3.05) is 12.3 Å². The topological polar surface area (TPSA) is 37.3 Å². The predicted molar refractivity (Wildman–Crippen MR) is 58.4 cm³/mol. The highest BCUT2D eigenvalue weighted by atomic mass is 32.2. The van der Waals surface area contributed by atoms with Gasteiger partial charge in [0.15, 0.2) is 5.17 Å². The Kier molecular flexibility index (Phi) is 2.85. The van der Waals surface area contributed by atoms with Crippen molar-refractivity contribution >= 4 is 28.3 Å². The molecule has 1 N–H and O–H groups in total. The van der Waals surface area contributed by atoms with Crippen LogP contribution in [0.3, 0.4) is 0 Å².